The second-order valence-corrected chi connectivity index (χ2v) is 14.5. The molecule has 0 aliphatic carbocycles. The van der Waals surface area contributed by atoms with Gasteiger partial charge in [-0.1, -0.05) is 143 Å². The second kappa shape index (κ2) is 28.2. The predicted octanol–water partition coefficient (Wildman–Crippen LogP) is 15.6. The van der Waals surface area contributed by atoms with Gasteiger partial charge in [-0.2, -0.15) is 0 Å². The van der Waals surface area contributed by atoms with Crippen molar-refractivity contribution in [1.82, 2.24) is 0 Å². The highest BCUT2D eigenvalue weighted by Crippen LogP contribution is 2.26. The Labute approximate surface area is 304 Å². The van der Waals surface area contributed by atoms with Gasteiger partial charge in [0.25, 0.3) is 0 Å². The van der Waals surface area contributed by atoms with E-state index in [2.05, 4.69) is 90.1 Å². The highest BCUT2D eigenvalue weighted by Gasteiger charge is 2.12. The predicted molar refractivity (Wildman–Crippen MR) is 222 cm³/mol. The number of aryl methyl sites for hydroxylation is 4. The first-order chi connectivity index (χ1) is 24.1. The van der Waals surface area contributed by atoms with E-state index in [1.165, 1.54) is 151 Å². The van der Waals surface area contributed by atoms with Crippen LogP contribution in [0, 0.1) is 0 Å². The number of rotatable bonds is 29. The van der Waals surface area contributed by atoms with Crippen molar-refractivity contribution in [3.63, 3.8) is 0 Å². The van der Waals surface area contributed by atoms with Gasteiger partial charge in [0, 0.05) is 0 Å². The molecule has 0 saturated heterocycles. The van der Waals surface area contributed by atoms with Crippen LogP contribution >= 0.6 is 0 Å². The van der Waals surface area contributed by atoms with Crippen molar-refractivity contribution in [1.29, 1.82) is 0 Å². The maximum Gasteiger partial charge on any atom is 0.0848 e. The van der Waals surface area contributed by atoms with Gasteiger partial charge >= 0.3 is 0 Å². The van der Waals surface area contributed by atoms with Crippen molar-refractivity contribution in [3.05, 3.63) is 70.8 Å². The standard InChI is InChI=1S/C47H76N2/c1-7-13-19-21-22-23-24-25-27-33-47(49-45-37-35-41(29-16-10-4)43(39-45)31-18-12-6)46(32-26-20-14-8-2)48-44-36-34-40(28-15-9-3)42(38-44)30-17-11-5/h27,33-39H,7-26,28-32H2,1-6H3/b33-27+,48-46?,49-47?. The summed E-state index contributed by atoms with van der Waals surface area (Å²) in [6.07, 6.45) is 35.6. The first-order valence-corrected chi connectivity index (χ1v) is 21.2. The van der Waals surface area contributed by atoms with E-state index in [1.54, 1.807) is 0 Å². The number of aliphatic imine (C=N–C) groups is 2. The smallest absolute Gasteiger partial charge is 0.0848 e. The zero-order chi connectivity index (χ0) is 35.4. The molecule has 2 aromatic carbocycles. The molecule has 0 aliphatic rings. The minimum atomic E-state index is 0.972. The average Bonchev–Trinajstić information content (AvgIpc) is 3.12. The molecule has 0 fully saturated rings. The normalized spacial score (nSPS) is 12.4. The van der Waals surface area contributed by atoms with E-state index in [-0.39, 0.29) is 0 Å². The molecule has 0 aliphatic heterocycles. The van der Waals surface area contributed by atoms with Crippen molar-refractivity contribution >= 4 is 22.8 Å². The average molecular weight is 669 g/mol. The molecule has 0 unspecified atom stereocenters. The van der Waals surface area contributed by atoms with Crippen LogP contribution in [0.4, 0.5) is 11.4 Å². The lowest BCUT2D eigenvalue weighted by molar-refractivity contribution is 0.592. The SMILES string of the molecule is CCCCCCCCC/C=C/C(=Nc1ccc(CCCC)c(CCCC)c1)C(CCCCCC)=Nc1ccc(CCCC)c(CCCC)c1. The van der Waals surface area contributed by atoms with Gasteiger partial charge in [-0.15, -0.1) is 0 Å². The monoisotopic (exact) mass is 669 g/mol. The Hall–Kier alpha value is -2.48. The van der Waals surface area contributed by atoms with Crippen LogP contribution in [0.15, 0.2) is 58.5 Å². The molecule has 0 atom stereocenters. The summed E-state index contributed by atoms with van der Waals surface area (Å²) in [7, 11) is 0. The van der Waals surface area contributed by atoms with Gasteiger partial charge in [-0.25, -0.2) is 4.99 Å². The Balaban J connectivity index is 2.54. The topological polar surface area (TPSA) is 24.7 Å². The fourth-order valence-electron chi connectivity index (χ4n) is 6.65. The second-order valence-electron chi connectivity index (χ2n) is 14.5. The molecule has 274 valence electrons. The summed E-state index contributed by atoms with van der Waals surface area (Å²) >= 11 is 0. The summed E-state index contributed by atoms with van der Waals surface area (Å²) in [6.45, 7) is 13.8. The number of benzene rings is 2. The summed E-state index contributed by atoms with van der Waals surface area (Å²) in [5, 5.41) is 0. The molecule has 0 bridgehead atoms. The van der Waals surface area contributed by atoms with Crippen LogP contribution in [-0.2, 0) is 25.7 Å². The van der Waals surface area contributed by atoms with Crippen LogP contribution in [0.25, 0.3) is 0 Å². The Morgan fingerprint density at radius 2 is 0.878 bits per heavy atom. The van der Waals surface area contributed by atoms with Crippen molar-refractivity contribution in [2.75, 3.05) is 0 Å². The van der Waals surface area contributed by atoms with E-state index >= 15 is 0 Å². The molecule has 0 spiro atoms. The van der Waals surface area contributed by atoms with Crippen molar-refractivity contribution in [3.8, 4) is 0 Å². The number of nitrogens with zero attached hydrogens (tertiary/aromatic N) is 2. The van der Waals surface area contributed by atoms with Gasteiger partial charge in [0.15, 0.2) is 0 Å². The van der Waals surface area contributed by atoms with Crippen molar-refractivity contribution in [2.24, 2.45) is 9.98 Å². The number of hydrogen-bond donors (Lipinski definition) is 0. The molecule has 0 heterocycles. The van der Waals surface area contributed by atoms with Gasteiger partial charge < -0.3 is 0 Å². The number of allylic oxidation sites excluding steroid dienone is 2. The fourth-order valence-corrected chi connectivity index (χ4v) is 6.65. The number of hydrogen-bond acceptors (Lipinski definition) is 2. The van der Waals surface area contributed by atoms with Crippen LogP contribution < -0.4 is 0 Å². The zero-order valence-electron chi connectivity index (χ0n) is 33.2. The van der Waals surface area contributed by atoms with Crippen LogP contribution in [0.2, 0.25) is 0 Å². The van der Waals surface area contributed by atoms with Gasteiger partial charge in [0.05, 0.1) is 22.8 Å². The van der Waals surface area contributed by atoms with E-state index in [0.29, 0.717) is 0 Å². The third kappa shape index (κ3) is 18.4. The molecule has 0 amide bonds. The summed E-state index contributed by atoms with van der Waals surface area (Å²) in [5.74, 6) is 0. The Kier molecular flexibility index (Phi) is 24.6. The quantitative estimate of drug-likeness (QED) is 0.0609. The highest BCUT2D eigenvalue weighted by atomic mass is 14.8. The van der Waals surface area contributed by atoms with Crippen LogP contribution in [0.3, 0.4) is 0 Å². The molecular formula is C47H76N2. The molecule has 2 nitrogen and oxygen atoms in total. The third-order valence-corrected chi connectivity index (χ3v) is 9.90. The van der Waals surface area contributed by atoms with E-state index in [9.17, 15) is 0 Å². The van der Waals surface area contributed by atoms with Crippen LogP contribution in [-0.4, -0.2) is 11.4 Å². The molecule has 0 aromatic heterocycles. The van der Waals surface area contributed by atoms with Gasteiger partial charge in [0.1, 0.15) is 0 Å². The number of unbranched alkanes of at least 4 members (excludes halogenated alkanes) is 14. The first-order valence-electron chi connectivity index (χ1n) is 21.2. The van der Waals surface area contributed by atoms with Crippen molar-refractivity contribution < 1.29 is 0 Å². The lowest BCUT2D eigenvalue weighted by Gasteiger charge is -2.13. The van der Waals surface area contributed by atoms with Gasteiger partial charge in [-0.05, 0) is 130 Å². The molecule has 2 aromatic rings. The molecular weight excluding hydrogens is 593 g/mol. The molecule has 0 N–H and O–H groups in total. The third-order valence-electron chi connectivity index (χ3n) is 9.90. The van der Waals surface area contributed by atoms with Crippen LogP contribution in [0.1, 0.15) is 199 Å². The van der Waals surface area contributed by atoms with Gasteiger partial charge in [0.2, 0.25) is 0 Å². The largest absolute Gasteiger partial charge is 0.251 e. The molecule has 49 heavy (non-hydrogen) atoms. The molecule has 2 rings (SSSR count). The van der Waals surface area contributed by atoms with E-state index in [0.717, 1.165) is 54.9 Å². The Morgan fingerprint density at radius 3 is 1.39 bits per heavy atom. The summed E-state index contributed by atoms with van der Waals surface area (Å²) in [4.78, 5) is 10.9. The summed E-state index contributed by atoms with van der Waals surface area (Å²) in [5.41, 5.74) is 10.4. The Bertz CT molecular complexity index is 1220. The van der Waals surface area contributed by atoms with E-state index < -0.39 is 0 Å². The summed E-state index contributed by atoms with van der Waals surface area (Å²) < 4.78 is 0. The van der Waals surface area contributed by atoms with Gasteiger partial charge in [-0.3, -0.25) is 4.99 Å². The maximum atomic E-state index is 5.46. The lowest BCUT2D eigenvalue weighted by Crippen LogP contribution is -2.12. The van der Waals surface area contributed by atoms with Crippen molar-refractivity contribution in [2.45, 2.75) is 202 Å². The molecule has 2 heteroatoms. The summed E-state index contributed by atoms with van der Waals surface area (Å²) in [6, 6.07) is 14.1. The lowest BCUT2D eigenvalue weighted by atomic mass is 9.97. The Morgan fingerprint density at radius 1 is 0.449 bits per heavy atom. The fraction of sp³-hybridized carbons (Fsp3) is 0.660. The minimum absolute atomic E-state index is 0.972. The molecule has 0 saturated carbocycles. The minimum Gasteiger partial charge on any atom is -0.251 e. The molecule has 0 radical (unpaired) electrons. The highest BCUT2D eigenvalue weighted by molar-refractivity contribution is 6.47. The zero-order valence-corrected chi connectivity index (χ0v) is 33.2. The van der Waals surface area contributed by atoms with E-state index in [1.807, 2.05) is 0 Å². The van der Waals surface area contributed by atoms with E-state index in [4.69, 9.17) is 9.98 Å². The maximum absolute atomic E-state index is 5.46. The first kappa shape index (κ1) is 42.7. The van der Waals surface area contributed by atoms with Crippen LogP contribution in [0.5, 0.6) is 0 Å².